The lowest BCUT2D eigenvalue weighted by molar-refractivity contribution is 0.248. The van der Waals surface area contributed by atoms with Gasteiger partial charge >= 0.3 is 0 Å². The van der Waals surface area contributed by atoms with E-state index in [1.807, 2.05) is 0 Å². The summed E-state index contributed by atoms with van der Waals surface area (Å²) in [7, 11) is 0. The molecule has 1 heterocycles. The first-order valence-corrected chi connectivity index (χ1v) is 4.16. The number of hydrogen-bond donors (Lipinski definition) is 1. The number of aromatic hydroxyl groups is 1. The zero-order valence-electron chi connectivity index (χ0n) is 7.38. The summed E-state index contributed by atoms with van der Waals surface area (Å²) in [6, 6.07) is 8.32. The van der Waals surface area contributed by atoms with E-state index in [1.54, 1.807) is 30.5 Å². The van der Waals surface area contributed by atoms with Gasteiger partial charge in [-0.05, 0) is 12.1 Å². The lowest BCUT2D eigenvalue weighted by atomic mass is 10.3. The standard InChI is InChI=1S/C10H9NO3/c12-8-2-1-3-9(6-8)13-7-10-4-5-11-14-10/h1-6,12H,7H2. The van der Waals surface area contributed by atoms with Crippen LogP contribution in [0.5, 0.6) is 11.5 Å². The lowest BCUT2D eigenvalue weighted by Crippen LogP contribution is -1.92. The Morgan fingerprint density at radius 2 is 2.29 bits per heavy atom. The van der Waals surface area contributed by atoms with Crippen molar-refractivity contribution in [2.24, 2.45) is 0 Å². The molecule has 4 nitrogen and oxygen atoms in total. The third-order valence-electron chi connectivity index (χ3n) is 1.69. The summed E-state index contributed by atoms with van der Waals surface area (Å²) in [5, 5.41) is 12.7. The molecular formula is C10H9NO3. The van der Waals surface area contributed by atoms with Crippen LogP contribution in [0.1, 0.15) is 5.76 Å². The first kappa shape index (κ1) is 8.62. The van der Waals surface area contributed by atoms with Crippen LogP contribution in [0.3, 0.4) is 0 Å². The molecule has 0 fully saturated rings. The number of nitrogens with zero attached hydrogens (tertiary/aromatic N) is 1. The average Bonchev–Trinajstić information content (AvgIpc) is 2.67. The fraction of sp³-hybridized carbons (Fsp3) is 0.100. The molecule has 2 rings (SSSR count). The molecule has 1 N–H and O–H groups in total. The van der Waals surface area contributed by atoms with E-state index < -0.39 is 0 Å². The topological polar surface area (TPSA) is 55.5 Å². The molecule has 4 heteroatoms. The minimum Gasteiger partial charge on any atom is -0.508 e. The summed E-state index contributed by atoms with van der Waals surface area (Å²) >= 11 is 0. The molecule has 14 heavy (non-hydrogen) atoms. The van der Waals surface area contributed by atoms with Gasteiger partial charge in [0.15, 0.2) is 5.76 Å². The van der Waals surface area contributed by atoms with Crippen molar-refractivity contribution < 1.29 is 14.4 Å². The van der Waals surface area contributed by atoms with E-state index in [1.165, 1.54) is 6.07 Å². The van der Waals surface area contributed by atoms with E-state index in [0.717, 1.165) is 0 Å². The molecule has 0 bridgehead atoms. The van der Waals surface area contributed by atoms with Gasteiger partial charge in [0, 0.05) is 12.1 Å². The summed E-state index contributed by atoms with van der Waals surface area (Å²) in [5.41, 5.74) is 0. The van der Waals surface area contributed by atoms with Crippen molar-refractivity contribution in [3.05, 3.63) is 42.3 Å². The molecule has 0 aliphatic carbocycles. The van der Waals surface area contributed by atoms with Crippen LogP contribution in [-0.4, -0.2) is 10.3 Å². The SMILES string of the molecule is Oc1cccc(OCc2ccno2)c1. The van der Waals surface area contributed by atoms with Crippen LogP contribution < -0.4 is 4.74 Å². The Morgan fingerprint density at radius 1 is 1.36 bits per heavy atom. The maximum absolute atomic E-state index is 9.15. The number of rotatable bonds is 3. The quantitative estimate of drug-likeness (QED) is 0.805. The lowest BCUT2D eigenvalue weighted by Gasteiger charge is -2.03. The van der Waals surface area contributed by atoms with Crippen molar-refractivity contribution in [1.29, 1.82) is 0 Å². The Morgan fingerprint density at radius 3 is 3.00 bits per heavy atom. The van der Waals surface area contributed by atoms with Gasteiger partial charge in [-0.15, -0.1) is 0 Å². The van der Waals surface area contributed by atoms with Crippen LogP contribution in [0.15, 0.2) is 41.1 Å². The number of phenols is 1. The van der Waals surface area contributed by atoms with Gasteiger partial charge in [-0.1, -0.05) is 11.2 Å². The average molecular weight is 191 g/mol. The second kappa shape index (κ2) is 3.83. The molecular weight excluding hydrogens is 182 g/mol. The van der Waals surface area contributed by atoms with Crippen molar-refractivity contribution in [3.63, 3.8) is 0 Å². The normalized spacial score (nSPS) is 10.0. The minimum atomic E-state index is 0.181. The van der Waals surface area contributed by atoms with Crippen molar-refractivity contribution in [2.75, 3.05) is 0 Å². The highest BCUT2D eigenvalue weighted by Crippen LogP contribution is 2.18. The van der Waals surface area contributed by atoms with Gasteiger partial charge in [0.2, 0.25) is 0 Å². The summed E-state index contributed by atoms with van der Waals surface area (Å²) < 4.78 is 10.2. The zero-order chi connectivity index (χ0) is 9.80. The third kappa shape index (κ3) is 2.04. The number of ether oxygens (including phenoxy) is 1. The predicted molar refractivity (Wildman–Crippen MR) is 48.9 cm³/mol. The number of phenolic OH excluding ortho intramolecular Hbond substituents is 1. The van der Waals surface area contributed by atoms with Crippen molar-refractivity contribution in [3.8, 4) is 11.5 Å². The van der Waals surface area contributed by atoms with Gasteiger partial charge < -0.3 is 14.4 Å². The molecule has 0 saturated heterocycles. The van der Waals surface area contributed by atoms with E-state index in [-0.39, 0.29) is 5.75 Å². The fourth-order valence-corrected chi connectivity index (χ4v) is 1.04. The van der Waals surface area contributed by atoms with Crippen LogP contribution in [0.25, 0.3) is 0 Å². The Hall–Kier alpha value is -1.97. The van der Waals surface area contributed by atoms with Crippen LogP contribution in [0.2, 0.25) is 0 Å². The largest absolute Gasteiger partial charge is 0.508 e. The summed E-state index contributed by atoms with van der Waals surface area (Å²) in [6.45, 7) is 0.309. The van der Waals surface area contributed by atoms with E-state index in [0.29, 0.717) is 18.1 Å². The second-order valence-electron chi connectivity index (χ2n) is 2.76. The monoisotopic (exact) mass is 191 g/mol. The van der Waals surface area contributed by atoms with Gasteiger partial charge in [-0.2, -0.15) is 0 Å². The maximum Gasteiger partial charge on any atom is 0.174 e. The van der Waals surface area contributed by atoms with Crippen molar-refractivity contribution >= 4 is 0 Å². The highest BCUT2D eigenvalue weighted by atomic mass is 16.5. The smallest absolute Gasteiger partial charge is 0.174 e. The minimum absolute atomic E-state index is 0.181. The fourth-order valence-electron chi connectivity index (χ4n) is 1.04. The zero-order valence-corrected chi connectivity index (χ0v) is 7.38. The molecule has 0 spiro atoms. The maximum atomic E-state index is 9.15. The molecule has 1 aromatic carbocycles. The predicted octanol–water partition coefficient (Wildman–Crippen LogP) is 1.96. The first-order chi connectivity index (χ1) is 6.84. The van der Waals surface area contributed by atoms with Crippen molar-refractivity contribution in [2.45, 2.75) is 6.61 Å². The first-order valence-electron chi connectivity index (χ1n) is 4.16. The van der Waals surface area contributed by atoms with Crippen molar-refractivity contribution in [1.82, 2.24) is 5.16 Å². The van der Waals surface area contributed by atoms with Crippen LogP contribution in [-0.2, 0) is 6.61 Å². The molecule has 0 aliphatic rings. The molecule has 0 atom stereocenters. The van der Waals surface area contributed by atoms with Crippen LogP contribution >= 0.6 is 0 Å². The molecule has 0 aliphatic heterocycles. The number of aromatic nitrogens is 1. The molecule has 0 radical (unpaired) electrons. The molecule has 72 valence electrons. The molecule has 0 saturated carbocycles. The summed E-state index contributed by atoms with van der Waals surface area (Å²) in [6.07, 6.45) is 1.56. The Bertz CT molecular complexity index is 398. The Kier molecular flexibility index (Phi) is 2.36. The van der Waals surface area contributed by atoms with Crippen LogP contribution in [0.4, 0.5) is 0 Å². The van der Waals surface area contributed by atoms with Gasteiger partial charge in [-0.25, -0.2) is 0 Å². The summed E-state index contributed by atoms with van der Waals surface area (Å²) in [4.78, 5) is 0. The van der Waals surface area contributed by atoms with Crippen LogP contribution in [0, 0.1) is 0 Å². The highest BCUT2D eigenvalue weighted by molar-refractivity contribution is 5.31. The van der Waals surface area contributed by atoms with Gasteiger partial charge in [0.25, 0.3) is 0 Å². The highest BCUT2D eigenvalue weighted by Gasteiger charge is 1.99. The summed E-state index contributed by atoms with van der Waals surface area (Å²) in [5.74, 6) is 1.43. The van der Waals surface area contributed by atoms with E-state index in [9.17, 15) is 0 Å². The number of benzene rings is 1. The Labute approximate surface area is 80.7 Å². The third-order valence-corrected chi connectivity index (χ3v) is 1.69. The number of hydrogen-bond acceptors (Lipinski definition) is 4. The molecule has 0 amide bonds. The Balaban J connectivity index is 1.98. The molecule has 0 unspecified atom stereocenters. The molecule has 1 aromatic heterocycles. The van der Waals surface area contributed by atoms with Gasteiger partial charge in [0.05, 0.1) is 6.20 Å². The van der Waals surface area contributed by atoms with Gasteiger partial charge in [0.1, 0.15) is 18.1 Å². The van der Waals surface area contributed by atoms with E-state index in [2.05, 4.69) is 5.16 Å². The molecule has 2 aromatic rings. The second-order valence-corrected chi connectivity index (χ2v) is 2.76. The van der Waals surface area contributed by atoms with E-state index >= 15 is 0 Å². The van der Waals surface area contributed by atoms with Gasteiger partial charge in [-0.3, -0.25) is 0 Å². The van der Waals surface area contributed by atoms with E-state index in [4.69, 9.17) is 14.4 Å².